The van der Waals surface area contributed by atoms with Crippen LogP contribution in [0.5, 0.6) is 0 Å². The lowest BCUT2D eigenvalue weighted by Crippen LogP contribution is -2.60. The number of aliphatic hydroxyl groups excluding tert-OH is 5. The average molecular weight is 742 g/mol. The molecule has 52 heavy (non-hydrogen) atoms. The van der Waals surface area contributed by atoms with Gasteiger partial charge in [-0.15, -0.1) is 0 Å². The minimum atomic E-state index is -1.56. The lowest BCUT2D eigenvalue weighted by molar-refractivity contribution is -0.302. The molecule has 9 nitrogen and oxygen atoms in total. The van der Waals surface area contributed by atoms with Crippen molar-refractivity contribution in [3.05, 3.63) is 12.2 Å². The summed E-state index contributed by atoms with van der Waals surface area (Å²) in [4.78, 5) is 12.5. The lowest BCUT2D eigenvalue weighted by atomic mass is 9.99. The van der Waals surface area contributed by atoms with Gasteiger partial charge in [0.25, 0.3) is 0 Å². The van der Waals surface area contributed by atoms with Crippen molar-refractivity contribution in [2.24, 2.45) is 0 Å². The molecule has 6 N–H and O–H groups in total. The van der Waals surface area contributed by atoms with Crippen molar-refractivity contribution in [3.63, 3.8) is 0 Å². The summed E-state index contributed by atoms with van der Waals surface area (Å²) in [6.45, 7) is 3.60. The summed E-state index contributed by atoms with van der Waals surface area (Å²) >= 11 is 0. The van der Waals surface area contributed by atoms with Crippen LogP contribution in [-0.2, 0) is 14.3 Å². The topological polar surface area (TPSA) is 149 Å². The highest BCUT2D eigenvalue weighted by atomic mass is 16.7. The van der Waals surface area contributed by atoms with Crippen molar-refractivity contribution < 1.29 is 39.8 Å². The van der Waals surface area contributed by atoms with Gasteiger partial charge in [-0.05, 0) is 19.3 Å². The Kier molecular flexibility index (Phi) is 32.4. The first kappa shape index (κ1) is 48.9. The Hall–Kier alpha value is -1.07. The number of allylic oxidation sites excluding steroid dienone is 1. The number of carbonyl (C=O) groups is 1. The summed E-state index contributed by atoms with van der Waals surface area (Å²) in [5.74, 6) is -0.201. The van der Waals surface area contributed by atoms with Gasteiger partial charge in [0.1, 0.15) is 24.4 Å². The van der Waals surface area contributed by atoms with Crippen LogP contribution in [0.25, 0.3) is 0 Å². The third-order valence-corrected chi connectivity index (χ3v) is 10.6. The normalized spacial score (nSPS) is 21.9. The number of rotatable bonds is 36. The number of aliphatic hydroxyl groups is 5. The van der Waals surface area contributed by atoms with E-state index >= 15 is 0 Å². The van der Waals surface area contributed by atoms with Crippen molar-refractivity contribution in [2.45, 2.75) is 243 Å². The first-order valence-electron chi connectivity index (χ1n) is 21.9. The van der Waals surface area contributed by atoms with Crippen LogP contribution >= 0.6 is 0 Å². The van der Waals surface area contributed by atoms with Gasteiger partial charge >= 0.3 is 0 Å². The maximum atomic E-state index is 12.5. The first-order chi connectivity index (χ1) is 25.3. The molecule has 1 aliphatic heterocycles. The fraction of sp³-hybridized carbons (Fsp3) is 0.930. The molecule has 1 amide bonds. The fourth-order valence-corrected chi connectivity index (χ4v) is 7.04. The van der Waals surface area contributed by atoms with Crippen LogP contribution in [0.4, 0.5) is 0 Å². The monoisotopic (exact) mass is 742 g/mol. The van der Waals surface area contributed by atoms with Crippen molar-refractivity contribution in [1.29, 1.82) is 0 Å². The predicted molar refractivity (Wildman–Crippen MR) is 212 cm³/mol. The maximum absolute atomic E-state index is 12.5. The van der Waals surface area contributed by atoms with Gasteiger partial charge in [0, 0.05) is 6.42 Å². The summed E-state index contributed by atoms with van der Waals surface area (Å²) < 4.78 is 11.1. The van der Waals surface area contributed by atoms with Crippen LogP contribution in [0.2, 0.25) is 0 Å². The first-order valence-corrected chi connectivity index (χ1v) is 21.9. The fourth-order valence-electron chi connectivity index (χ4n) is 7.04. The predicted octanol–water partition coefficient (Wildman–Crippen LogP) is 8.56. The van der Waals surface area contributed by atoms with E-state index in [9.17, 15) is 30.3 Å². The Bertz CT molecular complexity index is 827. The third-order valence-electron chi connectivity index (χ3n) is 10.6. The van der Waals surface area contributed by atoms with E-state index in [0.717, 1.165) is 38.5 Å². The van der Waals surface area contributed by atoms with Crippen LogP contribution < -0.4 is 5.32 Å². The van der Waals surface area contributed by atoms with Gasteiger partial charge in [-0.3, -0.25) is 4.79 Å². The summed E-state index contributed by atoms with van der Waals surface area (Å²) in [5, 5.41) is 53.6. The molecule has 0 aromatic heterocycles. The third kappa shape index (κ3) is 25.1. The number of carbonyl (C=O) groups excluding carboxylic acids is 1. The summed E-state index contributed by atoms with van der Waals surface area (Å²) in [6.07, 6.45) is 32.2. The Morgan fingerprint density at radius 3 is 1.50 bits per heavy atom. The molecule has 0 aromatic carbocycles. The molecule has 7 atom stereocenters. The van der Waals surface area contributed by atoms with Crippen LogP contribution in [0.15, 0.2) is 12.2 Å². The molecule has 1 fully saturated rings. The van der Waals surface area contributed by atoms with E-state index in [4.69, 9.17) is 9.47 Å². The van der Waals surface area contributed by atoms with Crippen molar-refractivity contribution in [1.82, 2.24) is 5.32 Å². The minimum Gasteiger partial charge on any atom is -0.394 e. The molecule has 1 rings (SSSR count). The number of nitrogens with one attached hydrogen (secondary N) is 1. The zero-order valence-electron chi connectivity index (χ0n) is 33.6. The van der Waals surface area contributed by atoms with E-state index in [-0.39, 0.29) is 12.5 Å². The second-order valence-electron chi connectivity index (χ2n) is 15.5. The zero-order chi connectivity index (χ0) is 38.1. The quantitative estimate of drug-likeness (QED) is 0.0277. The molecular weight excluding hydrogens is 658 g/mol. The Balaban J connectivity index is 2.10. The Morgan fingerprint density at radius 1 is 0.635 bits per heavy atom. The second-order valence-corrected chi connectivity index (χ2v) is 15.5. The molecule has 1 aliphatic rings. The number of hydrogen-bond acceptors (Lipinski definition) is 8. The summed E-state index contributed by atoms with van der Waals surface area (Å²) in [5.41, 5.74) is 0. The van der Waals surface area contributed by atoms with Crippen LogP contribution in [0.3, 0.4) is 0 Å². The standard InChI is InChI=1S/C43H83NO8/c1-3-5-7-8-9-10-11-12-13-14-15-16-17-18-19-20-21-22-23-24-25-26-27-28-29-31-32-37(46)36(44-39(47)33-30-6-4-2)35-51-43-42(50)41(49)40(48)38(34-45)52-43/h31-32,36-38,40-43,45-46,48-50H,3-30,33-35H2,1-2H3,(H,44,47)/b32-31+. The number of amides is 1. The molecule has 7 unspecified atom stereocenters. The molecule has 0 aliphatic carbocycles. The maximum Gasteiger partial charge on any atom is 0.220 e. The van der Waals surface area contributed by atoms with Crippen molar-refractivity contribution >= 4 is 5.91 Å². The van der Waals surface area contributed by atoms with E-state index < -0.39 is 49.5 Å². The van der Waals surface area contributed by atoms with E-state index in [2.05, 4.69) is 19.2 Å². The Morgan fingerprint density at radius 2 is 1.06 bits per heavy atom. The van der Waals surface area contributed by atoms with Crippen molar-refractivity contribution in [3.8, 4) is 0 Å². The highest BCUT2D eigenvalue weighted by Crippen LogP contribution is 2.22. The van der Waals surface area contributed by atoms with E-state index in [1.807, 2.05) is 6.08 Å². The van der Waals surface area contributed by atoms with E-state index in [1.165, 1.54) is 141 Å². The molecule has 0 radical (unpaired) electrons. The number of ether oxygens (including phenoxy) is 2. The largest absolute Gasteiger partial charge is 0.394 e. The molecule has 1 heterocycles. The summed E-state index contributed by atoms with van der Waals surface area (Å²) in [6, 6.07) is -0.794. The molecule has 0 saturated carbocycles. The SMILES string of the molecule is CCCCCCCCCCCCCCCCCCCCCCCCCC/C=C/C(O)C(COC1OC(CO)C(O)C(O)C1O)NC(=O)CCCCC. The Labute approximate surface area is 318 Å². The molecule has 0 aromatic rings. The summed E-state index contributed by atoms with van der Waals surface area (Å²) in [7, 11) is 0. The van der Waals surface area contributed by atoms with Gasteiger partial charge in [0.2, 0.25) is 5.91 Å². The van der Waals surface area contributed by atoms with Crippen LogP contribution in [0, 0.1) is 0 Å². The second kappa shape index (κ2) is 34.4. The molecule has 0 spiro atoms. The van der Waals surface area contributed by atoms with Crippen LogP contribution in [-0.4, -0.2) is 87.5 Å². The number of hydrogen-bond donors (Lipinski definition) is 6. The van der Waals surface area contributed by atoms with Gasteiger partial charge < -0.3 is 40.3 Å². The molecule has 9 heteroatoms. The minimum absolute atomic E-state index is 0.187. The smallest absolute Gasteiger partial charge is 0.220 e. The van der Waals surface area contributed by atoms with Crippen LogP contribution in [0.1, 0.15) is 200 Å². The van der Waals surface area contributed by atoms with Crippen molar-refractivity contribution in [2.75, 3.05) is 13.2 Å². The highest BCUT2D eigenvalue weighted by molar-refractivity contribution is 5.76. The van der Waals surface area contributed by atoms with E-state index in [1.54, 1.807) is 6.08 Å². The van der Waals surface area contributed by atoms with Gasteiger partial charge in [-0.2, -0.15) is 0 Å². The molecule has 0 bridgehead atoms. The molecule has 308 valence electrons. The molecule has 1 saturated heterocycles. The van der Waals surface area contributed by atoms with Gasteiger partial charge in [-0.25, -0.2) is 0 Å². The zero-order valence-corrected chi connectivity index (χ0v) is 33.6. The average Bonchev–Trinajstić information content (AvgIpc) is 3.14. The highest BCUT2D eigenvalue weighted by Gasteiger charge is 2.44. The van der Waals surface area contributed by atoms with Gasteiger partial charge in [0.15, 0.2) is 6.29 Å². The van der Waals surface area contributed by atoms with Gasteiger partial charge in [-0.1, -0.05) is 187 Å². The number of unbranched alkanes of at least 4 members (excludes halogenated alkanes) is 26. The lowest BCUT2D eigenvalue weighted by Gasteiger charge is -2.40. The molecular formula is C43H83NO8. The van der Waals surface area contributed by atoms with E-state index in [0.29, 0.717) is 6.42 Å². The van der Waals surface area contributed by atoms with Gasteiger partial charge in [0.05, 0.1) is 25.4 Å².